The molecule has 6 aromatic rings. The van der Waals surface area contributed by atoms with Crippen LogP contribution in [0.3, 0.4) is 0 Å². The van der Waals surface area contributed by atoms with Crippen molar-refractivity contribution in [2.75, 3.05) is 9.80 Å². The normalized spacial score (nSPS) is 11.2. The molecule has 0 aliphatic carbocycles. The number of ether oxygens (including phenoxy) is 1. The van der Waals surface area contributed by atoms with Gasteiger partial charge in [-0.2, -0.15) is 5.10 Å². The quantitative estimate of drug-likeness (QED) is 0.0877. The van der Waals surface area contributed by atoms with Gasteiger partial charge < -0.3 is 14.5 Å². The molecule has 6 rings (SSSR count). The molecule has 0 N–H and O–H groups in total. The first-order valence-corrected chi connectivity index (χ1v) is 15.8. The summed E-state index contributed by atoms with van der Waals surface area (Å²) >= 11 is 0. The van der Waals surface area contributed by atoms with Gasteiger partial charge in [-0.1, -0.05) is 52.8 Å². The molecule has 0 fully saturated rings. The summed E-state index contributed by atoms with van der Waals surface area (Å²) in [7, 11) is 0. The molecule has 0 bridgehead atoms. The van der Waals surface area contributed by atoms with E-state index in [9.17, 15) is 4.39 Å². The predicted molar refractivity (Wildman–Crippen MR) is 187 cm³/mol. The fourth-order valence-corrected chi connectivity index (χ4v) is 5.91. The van der Waals surface area contributed by atoms with Gasteiger partial charge in [-0.05, 0) is 95.6 Å². The van der Waals surface area contributed by atoms with Crippen molar-refractivity contribution in [1.29, 1.82) is 0 Å². The van der Waals surface area contributed by atoms with E-state index in [2.05, 4.69) is 51.4 Å². The van der Waals surface area contributed by atoms with E-state index in [1.807, 2.05) is 89.8 Å². The van der Waals surface area contributed by atoms with E-state index in [1.165, 1.54) is 18.5 Å². The number of anilines is 5. The Hall–Kier alpha value is -4.91. The number of rotatable bonds is 8. The zero-order valence-electron chi connectivity index (χ0n) is 28.8. The van der Waals surface area contributed by atoms with Gasteiger partial charge in [0.15, 0.2) is 0 Å². The summed E-state index contributed by atoms with van der Waals surface area (Å²) < 4.78 is 52.5. The molecule has 0 spiro atoms. The average Bonchev–Trinajstić information content (AvgIpc) is 3.58. The van der Waals surface area contributed by atoms with Crippen molar-refractivity contribution in [3.05, 3.63) is 143 Å². The molecule has 0 amide bonds. The fourth-order valence-electron chi connectivity index (χ4n) is 5.91. The minimum Gasteiger partial charge on any atom is -0.506 e. The second-order valence-electron chi connectivity index (χ2n) is 13.0. The topological polar surface area (TPSA) is 46.4 Å². The first-order valence-electron chi connectivity index (χ1n) is 15.8. The van der Waals surface area contributed by atoms with Gasteiger partial charge in [0, 0.05) is 41.3 Å². The standard InChI is InChI=1S/C40H36F3N5O.Pd/c1-25-12-14-32(27(3)19-25)47(33-15-13-26(2)20-28(33)4)29-21-30(48(40(5,6)7)36-11-8-9-16-44-36)23-31(22-29)49-35-24-34(46-18-10-17-45-46)37(41)39(43)38(35)42;/h8-22H,1-7H3;/q-2;+2. The zero-order valence-corrected chi connectivity index (χ0v) is 30.3. The monoisotopic (exact) mass is 765 g/mol. The maximum atomic E-state index is 15.4. The molecule has 0 aliphatic heterocycles. The maximum absolute atomic E-state index is 15.4. The Morgan fingerprint density at radius 3 is 1.94 bits per heavy atom. The Morgan fingerprint density at radius 1 is 0.740 bits per heavy atom. The van der Waals surface area contributed by atoms with Crippen molar-refractivity contribution in [2.45, 2.75) is 54.0 Å². The van der Waals surface area contributed by atoms with E-state index < -0.39 is 34.4 Å². The zero-order chi connectivity index (χ0) is 35.0. The number of halogens is 3. The first kappa shape index (κ1) is 36.4. The average molecular weight is 766 g/mol. The molecule has 6 nitrogen and oxygen atoms in total. The third kappa shape index (κ3) is 7.33. The van der Waals surface area contributed by atoms with Crippen LogP contribution in [0.1, 0.15) is 43.0 Å². The number of aryl methyl sites for hydroxylation is 4. The molecule has 0 saturated heterocycles. The van der Waals surface area contributed by atoms with E-state index in [1.54, 1.807) is 12.3 Å². The molecule has 4 aromatic carbocycles. The third-order valence-electron chi connectivity index (χ3n) is 8.02. The van der Waals surface area contributed by atoms with Crippen molar-refractivity contribution in [3.63, 3.8) is 0 Å². The Labute approximate surface area is 304 Å². The SMILES string of the molecule is Cc1ccc(N(c2cc(Oc3[c-]c(-n4cccn4)c(F)c(F)c3F)[c-]c(N(c3ccccn3)C(C)(C)C)c2)c2ccc(C)cc2C)c(C)c1.[Pd+2]. The van der Waals surface area contributed by atoms with E-state index in [0.717, 1.165) is 38.3 Å². The number of benzene rings is 4. The molecule has 0 aliphatic rings. The first-order chi connectivity index (χ1) is 23.3. The van der Waals surface area contributed by atoms with Crippen LogP contribution in [0.2, 0.25) is 0 Å². The number of pyridine rings is 1. The van der Waals surface area contributed by atoms with Gasteiger partial charge in [0.05, 0.1) is 23.2 Å². The van der Waals surface area contributed by atoms with Gasteiger partial charge in [-0.3, -0.25) is 13.5 Å². The van der Waals surface area contributed by atoms with Crippen molar-refractivity contribution in [2.24, 2.45) is 0 Å². The number of hydrogen-bond acceptors (Lipinski definition) is 5. The second kappa shape index (κ2) is 14.5. The van der Waals surface area contributed by atoms with Crippen molar-refractivity contribution >= 4 is 28.6 Å². The Bertz CT molecular complexity index is 2080. The molecule has 0 unspecified atom stereocenters. The molecule has 0 saturated carbocycles. The smallest absolute Gasteiger partial charge is 0.506 e. The van der Waals surface area contributed by atoms with Crippen LogP contribution in [0.5, 0.6) is 11.5 Å². The van der Waals surface area contributed by atoms with Crippen LogP contribution in [0, 0.1) is 57.3 Å². The number of nitrogens with zero attached hydrogens (tertiary/aromatic N) is 5. The van der Waals surface area contributed by atoms with Crippen LogP contribution in [0.15, 0.2) is 91.4 Å². The molecule has 10 heteroatoms. The van der Waals surface area contributed by atoms with Crippen LogP contribution in [0.4, 0.5) is 41.7 Å². The summed E-state index contributed by atoms with van der Waals surface area (Å²) in [5.41, 5.74) is 6.36. The number of hydrogen-bond donors (Lipinski definition) is 0. The molecule has 2 heterocycles. The molecule has 0 atom stereocenters. The fraction of sp³-hybridized carbons (Fsp3) is 0.200. The van der Waals surface area contributed by atoms with Crippen molar-refractivity contribution in [1.82, 2.24) is 14.8 Å². The van der Waals surface area contributed by atoms with Crippen LogP contribution in [0.25, 0.3) is 5.69 Å². The summed E-state index contributed by atoms with van der Waals surface area (Å²) in [4.78, 5) is 8.73. The van der Waals surface area contributed by atoms with Crippen LogP contribution in [-0.2, 0) is 20.4 Å². The summed E-state index contributed by atoms with van der Waals surface area (Å²) in [5.74, 6) is -4.61. The number of aromatic nitrogens is 3. The predicted octanol–water partition coefficient (Wildman–Crippen LogP) is 10.7. The Balaban J connectivity index is 0.00000486. The molecule has 50 heavy (non-hydrogen) atoms. The van der Waals surface area contributed by atoms with Gasteiger partial charge in [0.1, 0.15) is 5.82 Å². The molecular formula is C40H36F3N5OPd. The minimum atomic E-state index is -1.70. The summed E-state index contributed by atoms with van der Waals surface area (Å²) in [6, 6.07) is 29.1. The minimum absolute atomic E-state index is 0. The van der Waals surface area contributed by atoms with Crippen LogP contribution < -0.4 is 14.5 Å². The molecule has 2 aromatic heterocycles. The van der Waals surface area contributed by atoms with Gasteiger partial charge in [0.25, 0.3) is 0 Å². The summed E-state index contributed by atoms with van der Waals surface area (Å²) in [6.45, 7) is 14.3. The van der Waals surface area contributed by atoms with Crippen molar-refractivity contribution in [3.8, 4) is 17.2 Å². The second-order valence-corrected chi connectivity index (χ2v) is 13.0. The van der Waals surface area contributed by atoms with Crippen molar-refractivity contribution < 1.29 is 38.3 Å². The van der Waals surface area contributed by atoms with Gasteiger partial charge in [-0.15, -0.1) is 24.3 Å². The van der Waals surface area contributed by atoms with E-state index in [0.29, 0.717) is 17.2 Å². The summed E-state index contributed by atoms with van der Waals surface area (Å²) in [6.07, 6.45) is 4.50. The van der Waals surface area contributed by atoms with Gasteiger partial charge in [0.2, 0.25) is 0 Å². The Morgan fingerprint density at radius 2 is 1.40 bits per heavy atom. The maximum Gasteiger partial charge on any atom is 2.00 e. The van der Waals surface area contributed by atoms with Gasteiger partial charge >= 0.3 is 20.4 Å². The van der Waals surface area contributed by atoms with Crippen LogP contribution >= 0.6 is 0 Å². The Kier molecular flexibility index (Phi) is 10.6. The van der Waals surface area contributed by atoms with Crippen LogP contribution in [-0.4, -0.2) is 20.3 Å². The molecule has 258 valence electrons. The third-order valence-corrected chi connectivity index (χ3v) is 8.02. The van der Waals surface area contributed by atoms with E-state index in [-0.39, 0.29) is 26.2 Å². The summed E-state index contributed by atoms with van der Waals surface area (Å²) in [5, 5.41) is 3.97. The largest absolute Gasteiger partial charge is 2.00 e. The van der Waals surface area contributed by atoms with E-state index >= 15 is 8.78 Å². The van der Waals surface area contributed by atoms with E-state index in [4.69, 9.17) is 4.74 Å². The molecular weight excluding hydrogens is 730 g/mol. The van der Waals surface area contributed by atoms with Gasteiger partial charge in [-0.25, -0.2) is 9.37 Å². The molecule has 0 radical (unpaired) electrons.